The largest absolute Gasteiger partial charge is 0.469 e. The molecule has 0 heterocycles. The number of esters is 1. The summed E-state index contributed by atoms with van der Waals surface area (Å²) in [7, 11) is 1.44. The lowest BCUT2D eigenvalue weighted by Gasteiger charge is -2.02. The van der Waals surface area contributed by atoms with Crippen LogP contribution in [0.3, 0.4) is 0 Å². The zero-order valence-electron chi connectivity index (χ0n) is 14.9. The first-order valence-corrected chi connectivity index (χ1v) is 10.2. The Labute approximate surface area is 146 Å². The van der Waals surface area contributed by atoms with Gasteiger partial charge in [-0.3, -0.25) is 4.79 Å². The number of carbonyl (C=O) groups is 1. The highest BCUT2D eigenvalue weighted by Gasteiger charge is 1.99. The molecular formula is C19H34O3S. The van der Waals surface area contributed by atoms with Crippen molar-refractivity contribution in [3.05, 3.63) is 0 Å². The van der Waals surface area contributed by atoms with Gasteiger partial charge in [0.05, 0.1) is 7.11 Å². The van der Waals surface area contributed by atoms with Crippen LogP contribution < -0.4 is 0 Å². The van der Waals surface area contributed by atoms with E-state index in [2.05, 4.69) is 23.5 Å². The molecule has 0 aromatic rings. The fourth-order valence-corrected chi connectivity index (χ4v) is 3.09. The van der Waals surface area contributed by atoms with Crippen molar-refractivity contribution >= 4 is 17.7 Å². The Morgan fingerprint density at radius 1 is 1.09 bits per heavy atom. The Hall–Kier alpha value is -0.660. The Morgan fingerprint density at radius 2 is 1.78 bits per heavy atom. The van der Waals surface area contributed by atoms with Gasteiger partial charge >= 0.3 is 5.97 Å². The maximum Gasteiger partial charge on any atom is 0.305 e. The van der Waals surface area contributed by atoms with Crippen LogP contribution in [0.15, 0.2) is 0 Å². The van der Waals surface area contributed by atoms with Crippen LogP contribution in [-0.4, -0.2) is 35.8 Å². The average molecular weight is 343 g/mol. The second-order valence-corrected chi connectivity index (χ2v) is 7.01. The first-order chi connectivity index (χ1) is 11.2. The molecule has 23 heavy (non-hydrogen) atoms. The number of unbranched alkanes of at least 4 members (excludes halogenated alkanes) is 6. The van der Waals surface area contributed by atoms with Gasteiger partial charge in [-0.15, -0.1) is 5.92 Å². The minimum absolute atomic E-state index is 0.105. The zero-order chi connectivity index (χ0) is 17.2. The molecule has 0 unspecified atom stereocenters. The first kappa shape index (κ1) is 22.3. The van der Waals surface area contributed by atoms with E-state index in [9.17, 15) is 9.90 Å². The van der Waals surface area contributed by atoms with E-state index in [1.165, 1.54) is 38.5 Å². The van der Waals surface area contributed by atoms with Crippen molar-refractivity contribution in [2.24, 2.45) is 0 Å². The van der Waals surface area contributed by atoms with Gasteiger partial charge in [0.1, 0.15) is 6.10 Å². The summed E-state index contributed by atoms with van der Waals surface area (Å²) in [5.74, 6) is 8.15. The summed E-state index contributed by atoms with van der Waals surface area (Å²) < 4.78 is 4.61. The van der Waals surface area contributed by atoms with E-state index in [0.29, 0.717) is 6.42 Å². The van der Waals surface area contributed by atoms with Crippen molar-refractivity contribution in [1.29, 1.82) is 0 Å². The van der Waals surface area contributed by atoms with Crippen LogP contribution >= 0.6 is 11.8 Å². The van der Waals surface area contributed by atoms with Crippen molar-refractivity contribution in [2.45, 2.75) is 83.7 Å². The molecule has 0 radical (unpaired) electrons. The van der Waals surface area contributed by atoms with Crippen LogP contribution in [0.5, 0.6) is 0 Å². The number of hydrogen-bond donors (Lipinski definition) is 1. The second-order valence-electron chi connectivity index (χ2n) is 5.79. The van der Waals surface area contributed by atoms with E-state index < -0.39 is 6.10 Å². The molecule has 4 heteroatoms. The molecule has 0 aliphatic carbocycles. The summed E-state index contributed by atoms with van der Waals surface area (Å²) in [6.45, 7) is 2.13. The van der Waals surface area contributed by atoms with Crippen molar-refractivity contribution in [2.75, 3.05) is 18.6 Å². The van der Waals surface area contributed by atoms with Crippen molar-refractivity contribution < 1.29 is 14.6 Å². The minimum Gasteiger partial charge on any atom is -0.469 e. The standard InChI is InChI=1S/C19H34O3S/c1-3-4-13-18(20)14-10-8-6-5-7-9-11-16-23-17-12-15-19(21)22-2/h18,20H,3-9,11-13,15-17H2,1-2H3/t18-/m1/s1. The number of rotatable bonds is 14. The SMILES string of the molecule is CCCC[C@@H](O)C#CCCCCCCCSCCCC(=O)OC. The molecule has 0 aliphatic rings. The quantitative estimate of drug-likeness (QED) is 0.285. The molecule has 1 atom stereocenters. The molecule has 0 saturated heterocycles. The number of carbonyl (C=O) groups excluding carboxylic acids is 1. The molecule has 0 fully saturated rings. The van der Waals surface area contributed by atoms with Crippen molar-refractivity contribution in [1.82, 2.24) is 0 Å². The highest BCUT2D eigenvalue weighted by atomic mass is 32.2. The van der Waals surface area contributed by atoms with Crippen molar-refractivity contribution in [3.8, 4) is 11.8 Å². The fourth-order valence-electron chi connectivity index (χ4n) is 2.13. The summed E-state index contributed by atoms with van der Waals surface area (Å²) in [6.07, 6.45) is 11.1. The van der Waals surface area contributed by atoms with E-state index in [-0.39, 0.29) is 5.97 Å². The van der Waals surface area contributed by atoms with Gasteiger partial charge in [-0.1, -0.05) is 44.9 Å². The third-order valence-electron chi connectivity index (χ3n) is 3.59. The molecule has 134 valence electrons. The lowest BCUT2D eigenvalue weighted by Crippen LogP contribution is -2.01. The zero-order valence-corrected chi connectivity index (χ0v) is 15.8. The van der Waals surface area contributed by atoms with Crippen molar-refractivity contribution in [3.63, 3.8) is 0 Å². The molecule has 0 aromatic heterocycles. The number of thioether (sulfide) groups is 1. The Bertz CT molecular complexity index is 333. The van der Waals surface area contributed by atoms with Crippen LogP contribution in [0.4, 0.5) is 0 Å². The highest BCUT2D eigenvalue weighted by Crippen LogP contribution is 2.11. The molecule has 3 nitrogen and oxygen atoms in total. The van der Waals surface area contributed by atoms with E-state index in [0.717, 1.165) is 44.3 Å². The summed E-state index contributed by atoms with van der Waals surface area (Å²) >= 11 is 1.93. The number of ether oxygens (including phenoxy) is 1. The predicted octanol–water partition coefficient (Wildman–Crippen LogP) is 4.57. The number of aliphatic hydroxyl groups excluding tert-OH is 1. The van der Waals surface area contributed by atoms with Gasteiger partial charge in [0.15, 0.2) is 0 Å². The summed E-state index contributed by atoms with van der Waals surface area (Å²) in [6, 6.07) is 0. The topological polar surface area (TPSA) is 46.5 Å². The highest BCUT2D eigenvalue weighted by molar-refractivity contribution is 7.99. The molecule has 0 spiro atoms. The summed E-state index contributed by atoms with van der Waals surface area (Å²) in [5, 5.41) is 9.58. The van der Waals surface area contributed by atoms with E-state index in [1.54, 1.807) is 0 Å². The van der Waals surface area contributed by atoms with Gasteiger partial charge in [-0.05, 0) is 37.2 Å². The van der Waals surface area contributed by atoms with Gasteiger partial charge in [-0.25, -0.2) is 0 Å². The third-order valence-corrected chi connectivity index (χ3v) is 4.74. The normalized spacial score (nSPS) is 11.6. The lowest BCUT2D eigenvalue weighted by molar-refractivity contribution is -0.140. The second kappa shape index (κ2) is 17.7. The molecule has 0 aromatic carbocycles. The van der Waals surface area contributed by atoms with Crippen LogP contribution in [0.2, 0.25) is 0 Å². The van der Waals surface area contributed by atoms with Crippen LogP contribution in [0.25, 0.3) is 0 Å². The average Bonchev–Trinajstić information content (AvgIpc) is 2.56. The smallest absolute Gasteiger partial charge is 0.305 e. The summed E-state index contributed by atoms with van der Waals surface area (Å²) in [4.78, 5) is 10.9. The van der Waals surface area contributed by atoms with Gasteiger partial charge < -0.3 is 9.84 Å². The van der Waals surface area contributed by atoms with Crippen LogP contribution in [0.1, 0.15) is 77.6 Å². The molecule has 0 rings (SSSR count). The maximum absolute atomic E-state index is 10.9. The molecule has 1 N–H and O–H groups in total. The predicted molar refractivity (Wildman–Crippen MR) is 99.6 cm³/mol. The van der Waals surface area contributed by atoms with Gasteiger partial charge in [0, 0.05) is 12.8 Å². The van der Waals surface area contributed by atoms with Crippen LogP contribution in [-0.2, 0) is 9.53 Å². The Kier molecular flexibility index (Phi) is 17.2. The molecule has 0 amide bonds. The number of aliphatic hydroxyl groups is 1. The van der Waals surface area contributed by atoms with E-state index in [4.69, 9.17) is 0 Å². The monoisotopic (exact) mass is 342 g/mol. The van der Waals surface area contributed by atoms with E-state index in [1.807, 2.05) is 11.8 Å². The Morgan fingerprint density at radius 3 is 2.52 bits per heavy atom. The Balaban J connectivity index is 3.22. The maximum atomic E-state index is 10.9. The number of hydrogen-bond acceptors (Lipinski definition) is 4. The first-order valence-electron chi connectivity index (χ1n) is 9.01. The molecule has 0 aliphatic heterocycles. The molecular weight excluding hydrogens is 308 g/mol. The van der Waals surface area contributed by atoms with Gasteiger partial charge in [0.25, 0.3) is 0 Å². The lowest BCUT2D eigenvalue weighted by atomic mass is 10.1. The fraction of sp³-hybridized carbons (Fsp3) is 0.842. The molecule has 0 bridgehead atoms. The summed E-state index contributed by atoms with van der Waals surface area (Å²) in [5.41, 5.74) is 0. The molecule has 0 saturated carbocycles. The van der Waals surface area contributed by atoms with Gasteiger partial charge in [0.2, 0.25) is 0 Å². The van der Waals surface area contributed by atoms with Gasteiger partial charge in [-0.2, -0.15) is 11.8 Å². The minimum atomic E-state index is -0.425. The van der Waals surface area contributed by atoms with Crippen LogP contribution in [0, 0.1) is 11.8 Å². The third kappa shape index (κ3) is 17.5. The van der Waals surface area contributed by atoms with E-state index >= 15 is 0 Å². The number of methoxy groups -OCH3 is 1.